The summed E-state index contributed by atoms with van der Waals surface area (Å²) in [7, 11) is 0. The van der Waals surface area contributed by atoms with Crippen molar-refractivity contribution in [2.75, 3.05) is 0 Å². The Morgan fingerprint density at radius 1 is 1.00 bits per heavy atom. The molecule has 0 heterocycles. The molecule has 0 fully saturated rings. The van der Waals surface area contributed by atoms with Crippen LogP contribution in [-0.4, -0.2) is 50.7 Å². The molecule has 0 aromatic heterocycles. The van der Waals surface area contributed by atoms with Crippen LogP contribution in [0.3, 0.4) is 0 Å². The minimum atomic E-state index is -2.37. The smallest absolute Gasteiger partial charge is 0.360 e. The van der Waals surface area contributed by atoms with E-state index < -0.39 is 36.2 Å². The van der Waals surface area contributed by atoms with Gasteiger partial charge in [-0.25, -0.2) is 9.59 Å². The molecule has 4 N–H and O–H groups in total. The van der Waals surface area contributed by atoms with Crippen LogP contribution in [0.5, 0.6) is 0 Å². The number of carbonyl (C=O) groups is 3. The van der Waals surface area contributed by atoms with Gasteiger partial charge in [-0.3, -0.25) is 4.79 Å². The van der Waals surface area contributed by atoms with E-state index in [1.165, 1.54) is 0 Å². The molecular weight excluding hydrogens is 212 g/mol. The van der Waals surface area contributed by atoms with Gasteiger partial charge in [0.05, 0.1) is 5.92 Å². The van der Waals surface area contributed by atoms with Crippen molar-refractivity contribution in [3.8, 4) is 0 Å². The van der Waals surface area contributed by atoms with Crippen molar-refractivity contribution >= 4 is 17.9 Å². The first-order valence-electron chi connectivity index (χ1n) is 3.79. The highest BCUT2D eigenvalue weighted by Crippen LogP contribution is 2.10. The lowest BCUT2D eigenvalue weighted by Crippen LogP contribution is -2.40. The number of hydrogen-bond acceptors (Lipinski definition) is 5. The first-order valence-corrected chi connectivity index (χ1v) is 3.79. The Labute approximate surface area is 83.7 Å². The summed E-state index contributed by atoms with van der Waals surface area (Å²) in [6.45, 7) is 1.02. The van der Waals surface area contributed by atoms with Gasteiger partial charge in [0.1, 0.15) is 0 Å². The molecule has 86 valence electrons. The third-order valence-electron chi connectivity index (χ3n) is 1.57. The van der Waals surface area contributed by atoms with Gasteiger partial charge in [0, 0.05) is 0 Å². The average Bonchev–Trinajstić information content (AvgIpc) is 2.11. The highest BCUT2D eigenvalue weighted by Gasteiger charge is 2.34. The summed E-state index contributed by atoms with van der Waals surface area (Å²) in [5.41, 5.74) is 0. The maximum Gasteiger partial charge on any atom is 0.360 e. The standard InChI is InChI=1S/C7H10O8/c1-2(4(8)9)3(5(10)11)15-7(14)6(12)13/h2-3,7,14H,1H3,(H,8,9)(H,10,11)(H,12,13). The highest BCUT2D eigenvalue weighted by molar-refractivity contribution is 5.82. The van der Waals surface area contributed by atoms with Crippen molar-refractivity contribution in [3.63, 3.8) is 0 Å². The van der Waals surface area contributed by atoms with Gasteiger partial charge in [-0.15, -0.1) is 0 Å². The molecule has 3 unspecified atom stereocenters. The summed E-state index contributed by atoms with van der Waals surface area (Å²) >= 11 is 0. The van der Waals surface area contributed by atoms with Gasteiger partial charge in [-0.05, 0) is 6.92 Å². The number of hydrogen-bond donors (Lipinski definition) is 4. The van der Waals surface area contributed by atoms with E-state index in [1.54, 1.807) is 0 Å². The molecule has 0 radical (unpaired) electrons. The Hall–Kier alpha value is -1.67. The summed E-state index contributed by atoms with van der Waals surface area (Å²) in [6, 6.07) is 0. The van der Waals surface area contributed by atoms with E-state index in [1.807, 2.05) is 0 Å². The first-order chi connectivity index (χ1) is 6.77. The molecule has 0 bridgehead atoms. The topological polar surface area (TPSA) is 141 Å². The maximum atomic E-state index is 10.5. The molecule has 3 atom stereocenters. The summed E-state index contributed by atoms with van der Waals surface area (Å²) in [5.74, 6) is -6.40. The Kier molecular flexibility index (Phi) is 4.68. The largest absolute Gasteiger partial charge is 0.481 e. The molecule has 0 aliphatic heterocycles. The number of aliphatic carboxylic acids is 3. The molecule has 0 amide bonds. The van der Waals surface area contributed by atoms with E-state index in [4.69, 9.17) is 20.4 Å². The van der Waals surface area contributed by atoms with E-state index in [9.17, 15) is 14.4 Å². The third-order valence-corrected chi connectivity index (χ3v) is 1.57. The Morgan fingerprint density at radius 2 is 1.47 bits per heavy atom. The second-order valence-corrected chi connectivity index (χ2v) is 2.71. The van der Waals surface area contributed by atoms with Crippen LogP contribution >= 0.6 is 0 Å². The molecule has 8 nitrogen and oxygen atoms in total. The van der Waals surface area contributed by atoms with Crippen molar-refractivity contribution in [2.45, 2.75) is 19.3 Å². The monoisotopic (exact) mass is 222 g/mol. The lowest BCUT2D eigenvalue weighted by molar-refractivity contribution is -0.201. The van der Waals surface area contributed by atoms with E-state index in [0.717, 1.165) is 6.92 Å². The fourth-order valence-electron chi connectivity index (χ4n) is 0.716. The fraction of sp³-hybridized carbons (Fsp3) is 0.571. The number of carboxylic acid groups (broad SMARTS) is 3. The van der Waals surface area contributed by atoms with Crippen molar-refractivity contribution < 1.29 is 39.5 Å². The van der Waals surface area contributed by atoms with E-state index in [-0.39, 0.29) is 0 Å². The summed E-state index contributed by atoms with van der Waals surface area (Å²) in [6.07, 6.45) is -4.29. The van der Waals surface area contributed by atoms with Gasteiger partial charge >= 0.3 is 17.9 Å². The van der Waals surface area contributed by atoms with Gasteiger partial charge < -0.3 is 25.2 Å². The third kappa shape index (κ3) is 3.92. The normalized spacial score (nSPS) is 16.4. The Morgan fingerprint density at radius 3 is 1.73 bits per heavy atom. The number of rotatable bonds is 6. The molecule has 0 saturated heterocycles. The highest BCUT2D eigenvalue weighted by atomic mass is 16.6. The molecule has 0 spiro atoms. The quantitative estimate of drug-likeness (QED) is 0.401. The van der Waals surface area contributed by atoms with Gasteiger partial charge in [0.25, 0.3) is 6.29 Å². The van der Waals surface area contributed by atoms with E-state index >= 15 is 0 Å². The second-order valence-electron chi connectivity index (χ2n) is 2.71. The first kappa shape index (κ1) is 13.3. The molecular formula is C7H10O8. The minimum Gasteiger partial charge on any atom is -0.481 e. The average molecular weight is 222 g/mol. The van der Waals surface area contributed by atoms with E-state index in [0.29, 0.717) is 0 Å². The minimum absolute atomic E-state index is 1.02. The van der Waals surface area contributed by atoms with Crippen LogP contribution in [-0.2, 0) is 19.1 Å². The van der Waals surface area contributed by atoms with Crippen molar-refractivity contribution in [3.05, 3.63) is 0 Å². The fourth-order valence-corrected chi connectivity index (χ4v) is 0.716. The van der Waals surface area contributed by atoms with Crippen LogP contribution in [0.4, 0.5) is 0 Å². The number of carboxylic acids is 3. The Balaban J connectivity index is 4.62. The molecule has 0 aliphatic carbocycles. The lowest BCUT2D eigenvalue weighted by Gasteiger charge is -2.18. The zero-order valence-electron chi connectivity index (χ0n) is 7.65. The second kappa shape index (κ2) is 5.27. The van der Waals surface area contributed by atoms with Gasteiger partial charge in [-0.1, -0.05) is 0 Å². The van der Waals surface area contributed by atoms with Crippen molar-refractivity contribution in [1.29, 1.82) is 0 Å². The zero-order valence-corrected chi connectivity index (χ0v) is 7.65. The zero-order chi connectivity index (χ0) is 12.2. The number of aliphatic hydroxyl groups excluding tert-OH is 1. The molecule has 0 aliphatic rings. The maximum absolute atomic E-state index is 10.5. The van der Waals surface area contributed by atoms with E-state index in [2.05, 4.69) is 4.74 Å². The van der Waals surface area contributed by atoms with Crippen LogP contribution in [0.25, 0.3) is 0 Å². The molecule has 0 aromatic rings. The SMILES string of the molecule is CC(C(=O)O)C(OC(O)C(=O)O)C(=O)O. The summed E-state index contributed by atoms with van der Waals surface area (Å²) in [5, 5.41) is 33.9. The van der Waals surface area contributed by atoms with Crippen LogP contribution in [0.1, 0.15) is 6.92 Å². The lowest BCUT2D eigenvalue weighted by atomic mass is 10.1. The summed E-state index contributed by atoms with van der Waals surface area (Å²) < 4.78 is 4.17. The Bertz CT molecular complexity index is 272. The van der Waals surface area contributed by atoms with Crippen LogP contribution in [0.2, 0.25) is 0 Å². The van der Waals surface area contributed by atoms with Gasteiger partial charge in [0.2, 0.25) is 0 Å². The van der Waals surface area contributed by atoms with Crippen LogP contribution < -0.4 is 0 Å². The van der Waals surface area contributed by atoms with Crippen LogP contribution in [0.15, 0.2) is 0 Å². The number of aliphatic hydroxyl groups is 1. The molecule has 15 heavy (non-hydrogen) atoms. The molecule has 0 aromatic carbocycles. The molecule has 0 saturated carbocycles. The summed E-state index contributed by atoms with van der Waals surface area (Å²) in [4.78, 5) is 31.1. The van der Waals surface area contributed by atoms with Crippen LogP contribution in [0, 0.1) is 5.92 Å². The van der Waals surface area contributed by atoms with Crippen molar-refractivity contribution in [1.82, 2.24) is 0 Å². The van der Waals surface area contributed by atoms with Gasteiger partial charge in [-0.2, -0.15) is 0 Å². The predicted molar refractivity (Wildman–Crippen MR) is 43.0 cm³/mol. The van der Waals surface area contributed by atoms with Crippen molar-refractivity contribution in [2.24, 2.45) is 5.92 Å². The molecule has 0 rings (SSSR count). The number of ether oxygens (including phenoxy) is 1. The molecule has 8 heteroatoms. The van der Waals surface area contributed by atoms with Gasteiger partial charge in [0.15, 0.2) is 6.10 Å². The predicted octanol–water partition coefficient (Wildman–Crippen LogP) is -1.42.